The van der Waals surface area contributed by atoms with E-state index in [0.29, 0.717) is 5.75 Å². The van der Waals surface area contributed by atoms with Gasteiger partial charge in [0, 0.05) is 14.0 Å². The van der Waals surface area contributed by atoms with Crippen molar-refractivity contribution in [3.05, 3.63) is 29.8 Å². The average Bonchev–Trinajstić information content (AvgIpc) is 2.05. The average molecular weight is 181 g/mol. The normalized spacial score (nSPS) is 8.23. The fourth-order valence-corrected chi connectivity index (χ4v) is 0.628. The summed E-state index contributed by atoms with van der Waals surface area (Å²) in [6.45, 7) is 3.42. The molecule has 3 heteroatoms. The number of carbonyl (C=O) groups is 1. The Morgan fingerprint density at radius 1 is 1.46 bits per heavy atom. The first-order valence-electron chi connectivity index (χ1n) is 4.00. The highest BCUT2D eigenvalue weighted by Crippen LogP contribution is 2.08. The van der Waals surface area contributed by atoms with E-state index in [-0.39, 0.29) is 5.91 Å². The third kappa shape index (κ3) is 6.87. The molecule has 0 aliphatic rings. The minimum Gasteiger partial charge on any atom is -0.508 e. The van der Waals surface area contributed by atoms with Crippen LogP contribution in [0.2, 0.25) is 0 Å². The lowest BCUT2D eigenvalue weighted by Crippen LogP contribution is -2.11. The highest BCUT2D eigenvalue weighted by molar-refractivity contribution is 5.72. The lowest BCUT2D eigenvalue weighted by Gasteiger charge is -1.89. The molecule has 3 nitrogen and oxygen atoms in total. The van der Waals surface area contributed by atoms with Crippen LogP contribution in [0.3, 0.4) is 0 Å². The minimum absolute atomic E-state index is 0.00463. The smallest absolute Gasteiger partial charge is 0.216 e. The van der Waals surface area contributed by atoms with Crippen LogP contribution < -0.4 is 5.32 Å². The van der Waals surface area contributed by atoms with Crippen LogP contribution >= 0.6 is 0 Å². The fraction of sp³-hybridized carbons (Fsp3) is 0.300. The van der Waals surface area contributed by atoms with E-state index in [0.717, 1.165) is 5.56 Å². The van der Waals surface area contributed by atoms with Gasteiger partial charge in [-0.3, -0.25) is 4.79 Å². The summed E-state index contributed by atoms with van der Waals surface area (Å²) in [6, 6.07) is 7.15. The van der Waals surface area contributed by atoms with Crippen LogP contribution in [0.25, 0.3) is 0 Å². The maximum Gasteiger partial charge on any atom is 0.216 e. The molecule has 2 N–H and O–H groups in total. The molecular formula is C10H15NO2. The van der Waals surface area contributed by atoms with Crippen LogP contribution in [0.5, 0.6) is 5.75 Å². The molecule has 0 bridgehead atoms. The number of aromatic hydroxyl groups is 1. The van der Waals surface area contributed by atoms with Crippen LogP contribution in [-0.2, 0) is 4.79 Å². The summed E-state index contributed by atoms with van der Waals surface area (Å²) in [5.74, 6) is 0.343. The highest BCUT2D eigenvalue weighted by Gasteiger charge is 1.83. The van der Waals surface area contributed by atoms with Crippen LogP contribution in [0, 0.1) is 6.92 Å². The van der Waals surface area contributed by atoms with Gasteiger partial charge in [0.1, 0.15) is 5.75 Å². The van der Waals surface area contributed by atoms with Gasteiger partial charge in [-0.2, -0.15) is 0 Å². The van der Waals surface area contributed by atoms with Crippen molar-refractivity contribution < 1.29 is 9.90 Å². The van der Waals surface area contributed by atoms with E-state index in [2.05, 4.69) is 5.32 Å². The zero-order valence-corrected chi connectivity index (χ0v) is 8.16. The lowest BCUT2D eigenvalue weighted by atomic mass is 10.2. The molecule has 72 valence electrons. The molecule has 0 saturated heterocycles. The van der Waals surface area contributed by atoms with Gasteiger partial charge in [0.25, 0.3) is 0 Å². The maximum atomic E-state index is 9.70. The van der Waals surface area contributed by atoms with E-state index in [1.807, 2.05) is 19.1 Å². The maximum absolute atomic E-state index is 9.70. The molecule has 13 heavy (non-hydrogen) atoms. The molecule has 0 fully saturated rings. The van der Waals surface area contributed by atoms with Crippen molar-refractivity contribution in [1.29, 1.82) is 0 Å². The van der Waals surface area contributed by atoms with Crippen molar-refractivity contribution in [2.45, 2.75) is 13.8 Å². The van der Waals surface area contributed by atoms with E-state index in [1.54, 1.807) is 19.2 Å². The summed E-state index contributed by atoms with van der Waals surface area (Å²) >= 11 is 0. The molecule has 1 amide bonds. The Kier molecular flexibility index (Phi) is 5.35. The van der Waals surface area contributed by atoms with Crippen molar-refractivity contribution in [3.63, 3.8) is 0 Å². The minimum atomic E-state index is 0.00463. The number of phenols is 1. The number of hydrogen-bond acceptors (Lipinski definition) is 2. The first-order valence-corrected chi connectivity index (χ1v) is 4.00. The van der Waals surface area contributed by atoms with Gasteiger partial charge in [-0.1, -0.05) is 12.1 Å². The molecule has 0 spiro atoms. The van der Waals surface area contributed by atoms with Crippen molar-refractivity contribution >= 4 is 5.91 Å². The molecule has 0 aliphatic carbocycles. The van der Waals surface area contributed by atoms with Gasteiger partial charge in [-0.15, -0.1) is 0 Å². The predicted molar refractivity (Wildman–Crippen MR) is 52.6 cm³/mol. The summed E-state index contributed by atoms with van der Waals surface area (Å²) in [7, 11) is 1.60. The number of nitrogens with one attached hydrogen (secondary N) is 1. The predicted octanol–water partition coefficient (Wildman–Crippen LogP) is 1.45. The molecule has 1 aromatic carbocycles. The molecule has 0 unspecified atom stereocenters. The Balaban J connectivity index is 0.000000252. The zero-order chi connectivity index (χ0) is 10.3. The van der Waals surface area contributed by atoms with Crippen LogP contribution in [0.4, 0.5) is 0 Å². The Morgan fingerprint density at radius 3 is 2.23 bits per heavy atom. The van der Waals surface area contributed by atoms with Gasteiger partial charge < -0.3 is 10.4 Å². The first kappa shape index (κ1) is 11.5. The number of phenolic OH excluding ortho intramolecular Hbond substituents is 1. The monoisotopic (exact) mass is 181 g/mol. The topological polar surface area (TPSA) is 49.3 Å². The molecule has 0 atom stereocenters. The van der Waals surface area contributed by atoms with E-state index in [1.165, 1.54) is 6.92 Å². The van der Waals surface area contributed by atoms with Gasteiger partial charge in [-0.05, 0) is 24.6 Å². The second-order valence-electron chi connectivity index (χ2n) is 2.65. The largest absolute Gasteiger partial charge is 0.508 e. The Bertz CT molecular complexity index is 254. The van der Waals surface area contributed by atoms with E-state index >= 15 is 0 Å². The Labute approximate surface area is 78.4 Å². The number of aryl methyl sites for hydroxylation is 1. The number of hydrogen-bond donors (Lipinski definition) is 2. The van der Waals surface area contributed by atoms with Crippen molar-refractivity contribution in [2.75, 3.05) is 7.05 Å². The number of amides is 1. The van der Waals surface area contributed by atoms with Crippen LogP contribution in [-0.4, -0.2) is 18.1 Å². The van der Waals surface area contributed by atoms with Gasteiger partial charge in [0.2, 0.25) is 5.91 Å². The molecule has 1 aromatic rings. The number of benzene rings is 1. The molecule has 0 heterocycles. The first-order chi connectivity index (χ1) is 6.06. The van der Waals surface area contributed by atoms with E-state index < -0.39 is 0 Å². The van der Waals surface area contributed by atoms with Crippen LogP contribution in [0.1, 0.15) is 12.5 Å². The zero-order valence-electron chi connectivity index (χ0n) is 8.16. The SMILES string of the molecule is CNC(C)=O.Cc1cccc(O)c1. The molecule has 0 aromatic heterocycles. The summed E-state index contributed by atoms with van der Waals surface area (Å²) in [4.78, 5) is 9.70. The summed E-state index contributed by atoms with van der Waals surface area (Å²) in [5, 5.41) is 11.2. The van der Waals surface area contributed by atoms with E-state index in [9.17, 15) is 4.79 Å². The van der Waals surface area contributed by atoms with Gasteiger partial charge >= 0.3 is 0 Å². The van der Waals surface area contributed by atoms with Crippen molar-refractivity contribution in [3.8, 4) is 5.75 Å². The number of rotatable bonds is 0. The molecular weight excluding hydrogens is 166 g/mol. The summed E-state index contributed by atoms with van der Waals surface area (Å²) in [5.41, 5.74) is 1.09. The van der Waals surface area contributed by atoms with Gasteiger partial charge in [0.05, 0.1) is 0 Å². The second kappa shape index (κ2) is 6.06. The third-order valence-corrected chi connectivity index (χ3v) is 1.35. The molecule has 0 aliphatic heterocycles. The van der Waals surface area contributed by atoms with Gasteiger partial charge in [0.15, 0.2) is 0 Å². The Hall–Kier alpha value is -1.51. The van der Waals surface area contributed by atoms with Crippen molar-refractivity contribution in [2.24, 2.45) is 0 Å². The summed E-state index contributed by atoms with van der Waals surface area (Å²) < 4.78 is 0. The third-order valence-electron chi connectivity index (χ3n) is 1.35. The molecule has 0 radical (unpaired) electrons. The van der Waals surface area contributed by atoms with Gasteiger partial charge in [-0.25, -0.2) is 0 Å². The summed E-state index contributed by atoms with van der Waals surface area (Å²) in [6.07, 6.45) is 0. The quantitative estimate of drug-likeness (QED) is 0.636. The molecule has 1 rings (SSSR count). The molecule has 0 saturated carbocycles. The second-order valence-corrected chi connectivity index (χ2v) is 2.65. The number of carbonyl (C=O) groups excluding carboxylic acids is 1. The lowest BCUT2D eigenvalue weighted by molar-refractivity contribution is -0.118. The van der Waals surface area contributed by atoms with E-state index in [4.69, 9.17) is 5.11 Å². The van der Waals surface area contributed by atoms with Crippen molar-refractivity contribution in [1.82, 2.24) is 5.32 Å². The highest BCUT2D eigenvalue weighted by atomic mass is 16.3. The fourth-order valence-electron chi connectivity index (χ4n) is 0.628. The van der Waals surface area contributed by atoms with Crippen LogP contribution in [0.15, 0.2) is 24.3 Å². The Morgan fingerprint density at radius 2 is 2.00 bits per heavy atom. The standard InChI is InChI=1S/C7H8O.C3H7NO/c1-6-3-2-4-7(8)5-6;1-3(5)4-2/h2-5,8H,1H3;1-2H3,(H,4,5).